The van der Waals surface area contributed by atoms with E-state index >= 15 is 0 Å². The van der Waals surface area contributed by atoms with Crippen molar-refractivity contribution in [3.63, 3.8) is 0 Å². The van der Waals surface area contributed by atoms with Gasteiger partial charge in [0.1, 0.15) is 5.76 Å². The van der Waals surface area contributed by atoms with Gasteiger partial charge in [0.25, 0.3) is 5.91 Å². The van der Waals surface area contributed by atoms with Crippen LogP contribution in [0, 0.1) is 6.92 Å². The Morgan fingerprint density at radius 1 is 1.53 bits per heavy atom. The molecule has 3 nitrogen and oxygen atoms in total. The number of rotatable bonds is 5. The topological polar surface area (TPSA) is 38.3 Å². The highest BCUT2D eigenvalue weighted by molar-refractivity contribution is 5.94. The first kappa shape index (κ1) is 13.0. The molecule has 1 amide bonds. The fraction of sp³-hybridized carbons (Fsp3) is 0.214. The number of nitrogens with one attached hydrogen (secondary N) is 1. The highest BCUT2D eigenvalue weighted by atomic mass is 16.5. The second-order valence-corrected chi connectivity index (χ2v) is 3.59. The van der Waals surface area contributed by atoms with Crippen LogP contribution in [0.25, 0.3) is 0 Å². The van der Waals surface area contributed by atoms with Gasteiger partial charge in [0.2, 0.25) is 0 Å². The molecule has 0 fully saturated rings. The molecule has 0 atom stereocenters. The van der Waals surface area contributed by atoms with Crippen molar-refractivity contribution in [2.75, 3.05) is 6.54 Å². The Bertz CT molecular complexity index is 436. The van der Waals surface area contributed by atoms with Crippen molar-refractivity contribution in [3.8, 4) is 0 Å². The van der Waals surface area contributed by atoms with Crippen molar-refractivity contribution in [2.45, 2.75) is 13.8 Å². The van der Waals surface area contributed by atoms with E-state index < -0.39 is 0 Å². The molecule has 1 N–H and O–H groups in total. The van der Waals surface area contributed by atoms with E-state index in [4.69, 9.17) is 4.74 Å². The molecule has 0 aliphatic rings. The van der Waals surface area contributed by atoms with Gasteiger partial charge in [-0.3, -0.25) is 4.79 Å². The van der Waals surface area contributed by atoms with E-state index in [1.165, 1.54) is 6.26 Å². The molecule has 1 aromatic rings. The van der Waals surface area contributed by atoms with E-state index in [2.05, 4.69) is 11.9 Å². The molecule has 0 spiro atoms. The van der Waals surface area contributed by atoms with Gasteiger partial charge in [-0.1, -0.05) is 24.3 Å². The van der Waals surface area contributed by atoms with E-state index in [-0.39, 0.29) is 5.91 Å². The Hall–Kier alpha value is -2.03. The molecule has 0 aliphatic carbocycles. The van der Waals surface area contributed by atoms with Gasteiger partial charge in [0.15, 0.2) is 0 Å². The lowest BCUT2D eigenvalue weighted by Crippen LogP contribution is -2.25. The predicted octanol–water partition coefficient (Wildman–Crippen LogP) is 2.79. The van der Waals surface area contributed by atoms with Crippen LogP contribution in [0.15, 0.2) is 48.9 Å². The largest absolute Gasteiger partial charge is 0.468 e. The van der Waals surface area contributed by atoms with Crippen LogP contribution in [0.5, 0.6) is 0 Å². The third kappa shape index (κ3) is 4.15. The number of hydrogen-bond donors (Lipinski definition) is 1. The van der Waals surface area contributed by atoms with Crippen LogP contribution in [0.1, 0.15) is 22.8 Å². The molecule has 1 rings (SSSR count). The summed E-state index contributed by atoms with van der Waals surface area (Å²) < 4.78 is 5.11. The number of amides is 1. The molecule has 0 saturated carbocycles. The number of benzene rings is 1. The third-order valence-corrected chi connectivity index (χ3v) is 2.26. The van der Waals surface area contributed by atoms with Crippen LogP contribution in [-0.4, -0.2) is 12.5 Å². The first-order valence-corrected chi connectivity index (χ1v) is 5.45. The predicted molar refractivity (Wildman–Crippen MR) is 68.6 cm³/mol. The molecule has 0 saturated heterocycles. The monoisotopic (exact) mass is 231 g/mol. The van der Waals surface area contributed by atoms with Crippen molar-refractivity contribution in [3.05, 3.63) is 60.1 Å². The summed E-state index contributed by atoms with van der Waals surface area (Å²) in [5, 5.41) is 2.78. The lowest BCUT2D eigenvalue weighted by atomic mass is 10.1. The summed E-state index contributed by atoms with van der Waals surface area (Å²) in [6.45, 7) is 7.62. The fourth-order valence-electron chi connectivity index (χ4n) is 1.37. The normalized spacial score (nSPS) is 10.8. The van der Waals surface area contributed by atoms with Gasteiger partial charge < -0.3 is 10.1 Å². The van der Waals surface area contributed by atoms with Crippen molar-refractivity contribution in [1.82, 2.24) is 5.32 Å². The minimum absolute atomic E-state index is 0.110. The number of allylic oxidation sites excluding steroid dienone is 1. The van der Waals surface area contributed by atoms with Gasteiger partial charge in [-0.15, -0.1) is 0 Å². The van der Waals surface area contributed by atoms with Crippen LogP contribution >= 0.6 is 0 Å². The fourth-order valence-corrected chi connectivity index (χ4v) is 1.37. The molecule has 0 bridgehead atoms. The van der Waals surface area contributed by atoms with E-state index in [1.54, 1.807) is 12.1 Å². The quantitative estimate of drug-likeness (QED) is 0.791. The van der Waals surface area contributed by atoms with Gasteiger partial charge >= 0.3 is 0 Å². The lowest BCUT2D eigenvalue weighted by Gasteiger charge is -2.08. The highest BCUT2D eigenvalue weighted by Crippen LogP contribution is 2.04. The summed E-state index contributed by atoms with van der Waals surface area (Å²) >= 11 is 0. The summed E-state index contributed by atoms with van der Waals surface area (Å²) in [7, 11) is 0. The van der Waals surface area contributed by atoms with Crippen LogP contribution in [0.2, 0.25) is 0 Å². The SMILES string of the molecule is C=CO/C(=C\C)CNC(=O)c1cccc(C)c1. The molecule has 17 heavy (non-hydrogen) atoms. The Labute approximate surface area is 102 Å². The standard InChI is InChI=1S/C14H17NO2/c1-4-13(17-5-2)10-15-14(16)12-8-6-7-11(3)9-12/h4-9H,2,10H2,1,3H3,(H,15,16)/b13-4-. The second kappa shape index (κ2) is 6.53. The zero-order valence-electron chi connectivity index (χ0n) is 10.2. The maximum absolute atomic E-state index is 11.8. The number of ether oxygens (including phenoxy) is 1. The molecular weight excluding hydrogens is 214 g/mol. The van der Waals surface area contributed by atoms with Crippen LogP contribution in [0.4, 0.5) is 0 Å². The maximum atomic E-state index is 11.8. The number of carbonyl (C=O) groups excluding carboxylic acids is 1. The lowest BCUT2D eigenvalue weighted by molar-refractivity contribution is 0.0951. The molecule has 0 unspecified atom stereocenters. The number of carbonyl (C=O) groups is 1. The van der Waals surface area contributed by atoms with E-state index in [0.717, 1.165) is 5.56 Å². The first-order chi connectivity index (χ1) is 8.17. The second-order valence-electron chi connectivity index (χ2n) is 3.59. The summed E-state index contributed by atoms with van der Waals surface area (Å²) in [6, 6.07) is 7.45. The zero-order chi connectivity index (χ0) is 12.7. The average Bonchev–Trinajstić information content (AvgIpc) is 2.34. The highest BCUT2D eigenvalue weighted by Gasteiger charge is 2.05. The number of hydrogen-bond acceptors (Lipinski definition) is 2. The van der Waals surface area contributed by atoms with Gasteiger partial charge in [-0.25, -0.2) is 0 Å². The van der Waals surface area contributed by atoms with Gasteiger partial charge in [-0.05, 0) is 32.1 Å². The van der Waals surface area contributed by atoms with Gasteiger partial charge in [-0.2, -0.15) is 0 Å². The van der Waals surface area contributed by atoms with Gasteiger partial charge in [0.05, 0.1) is 12.8 Å². The molecule has 90 valence electrons. The van der Waals surface area contributed by atoms with Crippen LogP contribution in [0.3, 0.4) is 0 Å². The summed E-state index contributed by atoms with van der Waals surface area (Å²) in [5.41, 5.74) is 1.71. The average molecular weight is 231 g/mol. The first-order valence-electron chi connectivity index (χ1n) is 5.45. The molecule has 3 heteroatoms. The summed E-state index contributed by atoms with van der Waals surface area (Å²) in [4.78, 5) is 11.8. The van der Waals surface area contributed by atoms with E-state index in [9.17, 15) is 4.79 Å². The zero-order valence-corrected chi connectivity index (χ0v) is 10.2. The Morgan fingerprint density at radius 3 is 2.88 bits per heavy atom. The van der Waals surface area contributed by atoms with Crippen molar-refractivity contribution < 1.29 is 9.53 Å². The van der Waals surface area contributed by atoms with E-state index in [1.807, 2.05) is 32.0 Å². The Morgan fingerprint density at radius 2 is 2.29 bits per heavy atom. The third-order valence-electron chi connectivity index (χ3n) is 2.26. The Kier molecular flexibility index (Phi) is 5.01. The van der Waals surface area contributed by atoms with E-state index in [0.29, 0.717) is 17.9 Å². The molecule has 0 aliphatic heterocycles. The molecule has 0 heterocycles. The maximum Gasteiger partial charge on any atom is 0.251 e. The van der Waals surface area contributed by atoms with Crippen molar-refractivity contribution >= 4 is 5.91 Å². The minimum atomic E-state index is -0.110. The van der Waals surface area contributed by atoms with Crippen LogP contribution in [-0.2, 0) is 4.74 Å². The number of aryl methyl sites for hydroxylation is 1. The summed E-state index contributed by atoms with van der Waals surface area (Å²) in [6.07, 6.45) is 3.13. The molecular formula is C14H17NO2. The molecule has 0 aromatic heterocycles. The Balaban J connectivity index is 2.58. The summed E-state index contributed by atoms with van der Waals surface area (Å²) in [5.74, 6) is 0.557. The molecule has 0 radical (unpaired) electrons. The molecule has 1 aromatic carbocycles. The van der Waals surface area contributed by atoms with Crippen molar-refractivity contribution in [2.24, 2.45) is 0 Å². The van der Waals surface area contributed by atoms with Crippen LogP contribution < -0.4 is 5.32 Å². The smallest absolute Gasteiger partial charge is 0.251 e. The van der Waals surface area contributed by atoms with Crippen molar-refractivity contribution in [1.29, 1.82) is 0 Å². The minimum Gasteiger partial charge on any atom is -0.468 e. The van der Waals surface area contributed by atoms with Gasteiger partial charge in [0, 0.05) is 5.56 Å².